The minimum absolute atomic E-state index is 0.0198. The Morgan fingerprint density at radius 1 is 1.69 bits per heavy atom. The lowest BCUT2D eigenvalue weighted by molar-refractivity contribution is -0.140. The van der Waals surface area contributed by atoms with Gasteiger partial charge < -0.3 is 10.5 Å². The molecule has 1 aromatic heterocycles. The van der Waals surface area contributed by atoms with Crippen molar-refractivity contribution in [1.82, 2.24) is 9.78 Å². The van der Waals surface area contributed by atoms with E-state index in [4.69, 9.17) is 5.73 Å². The zero-order chi connectivity index (χ0) is 12.0. The van der Waals surface area contributed by atoms with Gasteiger partial charge in [-0.15, -0.1) is 0 Å². The molecule has 1 heterocycles. The molecule has 0 radical (unpaired) electrons. The fourth-order valence-corrected chi connectivity index (χ4v) is 1.49. The Hall–Kier alpha value is -1.36. The number of carbonyl (C=O) groups excluding carboxylic acids is 1. The van der Waals surface area contributed by atoms with E-state index in [1.165, 1.54) is 7.11 Å². The maximum atomic E-state index is 10.9. The number of ether oxygens (including phenoxy) is 1. The van der Waals surface area contributed by atoms with Gasteiger partial charge in [-0.25, -0.2) is 0 Å². The van der Waals surface area contributed by atoms with Gasteiger partial charge in [0.15, 0.2) is 0 Å². The number of aromatic nitrogens is 2. The first kappa shape index (κ1) is 12.7. The minimum Gasteiger partial charge on any atom is -0.469 e. The third-order valence-electron chi connectivity index (χ3n) is 2.46. The largest absolute Gasteiger partial charge is 0.469 e. The molecule has 5 heteroatoms. The molecule has 0 spiro atoms. The SMILES string of the molecule is CCn1cc(CC(N)CCC(=O)OC)cn1. The molecule has 2 N–H and O–H groups in total. The van der Waals surface area contributed by atoms with Gasteiger partial charge in [-0.1, -0.05) is 0 Å². The van der Waals surface area contributed by atoms with Crippen LogP contribution in [0.1, 0.15) is 25.3 Å². The van der Waals surface area contributed by atoms with E-state index < -0.39 is 0 Å². The number of nitrogens with two attached hydrogens (primary N) is 1. The van der Waals surface area contributed by atoms with Crippen molar-refractivity contribution in [3.05, 3.63) is 18.0 Å². The summed E-state index contributed by atoms with van der Waals surface area (Å²) in [5.74, 6) is -0.209. The van der Waals surface area contributed by atoms with Gasteiger partial charge in [-0.3, -0.25) is 9.48 Å². The first-order chi connectivity index (χ1) is 7.65. The van der Waals surface area contributed by atoms with Gasteiger partial charge in [-0.2, -0.15) is 5.10 Å². The molecule has 0 aliphatic carbocycles. The van der Waals surface area contributed by atoms with Crippen molar-refractivity contribution in [2.45, 2.75) is 38.8 Å². The van der Waals surface area contributed by atoms with E-state index in [2.05, 4.69) is 9.84 Å². The van der Waals surface area contributed by atoms with Crippen LogP contribution in [-0.2, 0) is 22.5 Å². The molecule has 0 saturated heterocycles. The van der Waals surface area contributed by atoms with Crippen LogP contribution in [0.15, 0.2) is 12.4 Å². The van der Waals surface area contributed by atoms with Crippen molar-refractivity contribution >= 4 is 5.97 Å². The molecule has 0 aromatic carbocycles. The van der Waals surface area contributed by atoms with Gasteiger partial charge in [-0.05, 0) is 25.3 Å². The fourth-order valence-electron chi connectivity index (χ4n) is 1.49. The standard InChI is InChI=1S/C11H19N3O2/c1-3-14-8-9(7-13-14)6-10(12)4-5-11(15)16-2/h7-8,10H,3-6,12H2,1-2H3. The van der Waals surface area contributed by atoms with Crippen LogP contribution >= 0.6 is 0 Å². The summed E-state index contributed by atoms with van der Waals surface area (Å²) >= 11 is 0. The predicted octanol–water partition coefficient (Wildman–Crippen LogP) is 0.726. The number of hydrogen-bond donors (Lipinski definition) is 1. The summed E-state index contributed by atoms with van der Waals surface area (Å²) in [5.41, 5.74) is 7.02. The zero-order valence-electron chi connectivity index (χ0n) is 9.85. The molecule has 0 amide bonds. The molecule has 5 nitrogen and oxygen atoms in total. The Morgan fingerprint density at radius 3 is 3.00 bits per heavy atom. The molecule has 90 valence electrons. The van der Waals surface area contributed by atoms with Crippen LogP contribution in [0.2, 0.25) is 0 Å². The van der Waals surface area contributed by atoms with Crippen LogP contribution in [0.3, 0.4) is 0 Å². The lowest BCUT2D eigenvalue weighted by Crippen LogP contribution is -2.23. The normalized spacial score (nSPS) is 12.4. The van der Waals surface area contributed by atoms with Crippen LogP contribution < -0.4 is 5.73 Å². The number of methoxy groups -OCH3 is 1. The van der Waals surface area contributed by atoms with Crippen LogP contribution in [-0.4, -0.2) is 28.9 Å². The lowest BCUT2D eigenvalue weighted by Gasteiger charge is -2.08. The second kappa shape index (κ2) is 6.27. The van der Waals surface area contributed by atoms with E-state index in [0.717, 1.165) is 18.5 Å². The highest BCUT2D eigenvalue weighted by atomic mass is 16.5. The third-order valence-corrected chi connectivity index (χ3v) is 2.46. The summed E-state index contributed by atoms with van der Waals surface area (Å²) in [4.78, 5) is 10.9. The number of esters is 1. The summed E-state index contributed by atoms with van der Waals surface area (Å²) < 4.78 is 6.42. The first-order valence-corrected chi connectivity index (χ1v) is 5.49. The Kier molecular flexibility index (Phi) is 4.98. The van der Waals surface area contributed by atoms with E-state index >= 15 is 0 Å². The Balaban J connectivity index is 2.33. The summed E-state index contributed by atoms with van der Waals surface area (Å²) in [6, 6.07) is -0.0198. The average molecular weight is 225 g/mol. The van der Waals surface area contributed by atoms with Crippen LogP contribution in [0.4, 0.5) is 0 Å². The quantitative estimate of drug-likeness (QED) is 0.724. The maximum Gasteiger partial charge on any atom is 0.305 e. The minimum atomic E-state index is -0.209. The van der Waals surface area contributed by atoms with Crippen molar-refractivity contribution in [2.24, 2.45) is 5.73 Å². The number of rotatable bonds is 6. The van der Waals surface area contributed by atoms with Crippen molar-refractivity contribution in [2.75, 3.05) is 7.11 Å². The maximum absolute atomic E-state index is 10.9. The van der Waals surface area contributed by atoms with Crippen LogP contribution in [0.5, 0.6) is 0 Å². The highest BCUT2D eigenvalue weighted by molar-refractivity contribution is 5.69. The number of aryl methyl sites for hydroxylation is 1. The van der Waals surface area contributed by atoms with Gasteiger partial charge in [0.05, 0.1) is 13.3 Å². The number of carbonyl (C=O) groups is 1. The Bertz CT molecular complexity index is 336. The topological polar surface area (TPSA) is 70.1 Å². The molecular formula is C11H19N3O2. The predicted molar refractivity (Wildman–Crippen MR) is 60.8 cm³/mol. The van der Waals surface area contributed by atoms with Crippen molar-refractivity contribution < 1.29 is 9.53 Å². The monoisotopic (exact) mass is 225 g/mol. The molecule has 1 rings (SSSR count). The second-order valence-electron chi connectivity index (χ2n) is 3.78. The van der Waals surface area contributed by atoms with E-state index in [9.17, 15) is 4.79 Å². The van der Waals surface area contributed by atoms with Gasteiger partial charge in [0.25, 0.3) is 0 Å². The van der Waals surface area contributed by atoms with Crippen molar-refractivity contribution in [3.63, 3.8) is 0 Å². The van der Waals surface area contributed by atoms with Crippen LogP contribution in [0.25, 0.3) is 0 Å². The smallest absolute Gasteiger partial charge is 0.305 e. The van der Waals surface area contributed by atoms with E-state index in [0.29, 0.717) is 12.8 Å². The molecule has 0 fully saturated rings. The van der Waals surface area contributed by atoms with Gasteiger partial charge in [0, 0.05) is 25.2 Å². The lowest BCUT2D eigenvalue weighted by atomic mass is 10.1. The first-order valence-electron chi connectivity index (χ1n) is 5.49. The highest BCUT2D eigenvalue weighted by Gasteiger charge is 2.09. The van der Waals surface area contributed by atoms with E-state index in [1.54, 1.807) is 0 Å². The second-order valence-corrected chi connectivity index (χ2v) is 3.78. The highest BCUT2D eigenvalue weighted by Crippen LogP contribution is 2.05. The molecule has 0 aliphatic rings. The summed E-state index contributed by atoms with van der Waals surface area (Å²) in [6.45, 7) is 2.89. The van der Waals surface area contributed by atoms with Crippen molar-refractivity contribution in [1.29, 1.82) is 0 Å². The molecule has 0 bridgehead atoms. The Morgan fingerprint density at radius 2 is 2.44 bits per heavy atom. The average Bonchev–Trinajstić information content (AvgIpc) is 2.73. The molecule has 1 atom stereocenters. The number of hydrogen-bond acceptors (Lipinski definition) is 4. The zero-order valence-corrected chi connectivity index (χ0v) is 9.85. The third kappa shape index (κ3) is 4.02. The number of nitrogens with zero attached hydrogens (tertiary/aromatic N) is 2. The Labute approximate surface area is 95.6 Å². The van der Waals surface area contributed by atoms with E-state index in [-0.39, 0.29) is 12.0 Å². The summed E-state index contributed by atoms with van der Waals surface area (Å²) in [5, 5.41) is 4.17. The molecule has 0 aliphatic heterocycles. The van der Waals surface area contributed by atoms with Crippen LogP contribution in [0, 0.1) is 0 Å². The molecule has 0 saturated carbocycles. The fraction of sp³-hybridized carbons (Fsp3) is 0.636. The van der Waals surface area contributed by atoms with E-state index in [1.807, 2.05) is 24.0 Å². The summed E-state index contributed by atoms with van der Waals surface area (Å²) in [6.07, 6.45) is 5.57. The van der Waals surface area contributed by atoms with Gasteiger partial charge in [0.1, 0.15) is 0 Å². The van der Waals surface area contributed by atoms with Gasteiger partial charge >= 0.3 is 5.97 Å². The van der Waals surface area contributed by atoms with Crippen molar-refractivity contribution in [3.8, 4) is 0 Å². The molecule has 16 heavy (non-hydrogen) atoms. The molecule has 1 unspecified atom stereocenters. The molecular weight excluding hydrogens is 206 g/mol. The molecule has 1 aromatic rings. The summed E-state index contributed by atoms with van der Waals surface area (Å²) in [7, 11) is 1.39. The van der Waals surface area contributed by atoms with Gasteiger partial charge in [0.2, 0.25) is 0 Å².